The molecule has 0 aliphatic carbocycles. The Labute approximate surface area is 106 Å². The van der Waals surface area contributed by atoms with Gasteiger partial charge in [-0.25, -0.2) is 0 Å². The summed E-state index contributed by atoms with van der Waals surface area (Å²) in [5.74, 6) is -1.68. The molecule has 1 aliphatic heterocycles. The van der Waals surface area contributed by atoms with Crippen LogP contribution in [0.4, 0.5) is 5.69 Å². The van der Waals surface area contributed by atoms with Crippen LogP contribution in [0.5, 0.6) is 0 Å². The number of carbonyl (C=O) groups is 3. The molecule has 19 heavy (non-hydrogen) atoms. The number of hydrogen-bond donors (Lipinski definition) is 2. The summed E-state index contributed by atoms with van der Waals surface area (Å²) in [6, 6.07) is 4.18. The highest BCUT2D eigenvalue weighted by Crippen LogP contribution is 2.13. The highest BCUT2D eigenvalue weighted by atomic mass is 16.6. The van der Waals surface area contributed by atoms with E-state index in [1.54, 1.807) is 0 Å². The molecule has 8 heteroatoms. The molecule has 3 amide bonds. The molecule has 1 aromatic rings. The van der Waals surface area contributed by atoms with E-state index in [1.165, 1.54) is 18.2 Å². The predicted molar refractivity (Wildman–Crippen MR) is 62.1 cm³/mol. The van der Waals surface area contributed by atoms with E-state index in [-0.39, 0.29) is 17.7 Å². The summed E-state index contributed by atoms with van der Waals surface area (Å²) >= 11 is 0. The average molecular weight is 263 g/mol. The molecule has 2 N–H and O–H groups in total. The fraction of sp³-hybridized carbons (Fsp3) is 0.182. The smallest absolute Gasteiger partial charge is 0.270 e. The fourth-order valence-corrected chi connectivity index (χ4v) is 1.67. The third kappa shape index (κ3) is 2.73. The van der Waals surface area contributed by atoms with E-state index in [0.29, 0.717) is 0 Å². The molecule has 1 aliphatic rings. The molecule has 8 nitrogen and oxygen atoms in total. The van der Waals surface area contributed by atoms with Crippen molar-refractivity contribution in [3.63, 3.8) is 0 Å². The molecule has 1 heterocycles. The van der Waals surface area contributed by atoms with Gasteiger partial charge in [-0.1, -0.05) is 6.07 Å². The van der Waals surface area contributed by atoms with E-state index in [1.807, 2.05) is 0 Å². The molecule has 1 atom stereocenters. The maximum Gasteiger partial charge on any atom is 0.270 e. The lowest BCUT2D eigenvalue weighted by atomic mass is 10.1. The van der Waals surface area contributed by atoms with Crippen molar-refractivity contribution >= 4 is 23.4 Å². The number of nitro benzene ring substituents is 1. The molecular formula is C11H9N3O5. The van der Waals surface area contributed by atoms with Gasteiger partial charge in [0.25, 0.3) is 11.6 Å². The van der Waals surface area contributed by atoms with Crippen LogP contribution in [-0.4, -0.2) is 28.7 Å². The normalized spacial score (nSPS) is 18.0. The number of nitrogens with zero attached hydrogens (tertiary/aromatic N) is 1. The Hall–Kier alpha value is -2.77. The van der Waals surface area contributed by atoms with Crippen molar-refractivity contribution in [2.24, 2.45) is 0 Å². The Morgan fingerprint density at radius 3 is 2.74 bits per heavy atom. The summed E-state index contributed by atoms with van der Waals surface area (Å²) in [6.45, 7) is 0. The van der Waals surface area contributed by atoms with Gasteiger partial charge in [-0.2, -0.15) is 0 Å². The van der Waals surface area contributed by atoms with Gasteiger partial charge in [0.15, 0.2) is 0 Å². The third-order valence-corrected chi connectivity index (χ3v) is 2.59. The number of rotatable bonds is 3. The summed E-state index contributed by atoms with van der Waals surface area (Å²) < 4.78 is 0. The van der Waals surface area contributed by atoms with Crippen LogP contribution in [0.25, 0.3) is 0 Å². The van der Waals surface area contributed by atoms with Gasteiger partial charge in [0, 0.05) is 17.7 Å². The van der Waals surface area contributed by atoms with Crippen LogP contribution in [0.3, 0.4) is 0 Å². The van der Waals surface area contributed by atoms with Gasteiger partial charge in [0.1, 0.15) is 6.04 Å². The average Bonchev–Trinajstić information content (AvgIpc) is 2.68. The van der Waals surface area contributed by atoms with Gasteiger partial charge < -0.3 is 5.32 Å². The van der Waals surface area contributed by atoms with Crippen LogP contribution in [-0.2, 0) is 9.59 Å². The number of nitro groups is 1. The van der Waals surface area contributed by atoms with Crippen LogP contribution in [0.1, 0.15) is 16.8 Å². The lowest BCUT2D eigenvalue weighted by Gasteiger charge is -2.08. The molecule has 0 radical (unpaired) electrons. The van der Waals surface area contributed by atoms with E-state index in [0.717, 1.165) is 6.07 Å². The van der Waals surface area contributed by atoms with Crippen LogP contribution in [0.15, 0.2) is 24.3 Å². The molecule has 2 rings (SSSR count). The summed E-state index contributed by atoms with van der Waals surface area (Å²) in [6.07, 6.45) is -0.125. The summed E-state index contributed by atoms with van der Waals surface area (Å²) in [5, 5.41) is 15.0. The Morgan fingerprint density at radius 2 is 2.16 bits per heavy atom. The molecule has 0 aromatic heterocycles. The largest absolute Gasteiger partial charge is 0.340 e. The zero-order valence-electron chi connectivity index (χ0n) is 9.58. The van der Waals surface area contributed by atoms with E-state index < -0.39 is 28.7 Å². The van der Waals surface area contributed by atoms with Crippen LogP contribution < -0.4 is 10.6 Å². The van der Waals surface area contributed by atoms with Crippen LogP contribution in [0.2, 0.25) is 0 Å². The molecule has 1 saturated heterocycles. The zero-order chi connectivity index (χ0) is 14.0. The minimum Gasteiger partial charge on any atom is -0.340 e. The van der Waals surface area contributed by atoms with Gasteiger partial charge in [-0.05, 0) is 6.07 Å². The van der Waals surface area contributed by atoms with Crippen molar-refractivity contribution in [1.29, 1.82) is 0 Å². The minimum absolute atomic E-state index is 0.0568. The standard InChI is InChI=1S/C11H9N3O5/c15-9-5-8(11(17)13-9)12-10(16)6-2-1-3-7(4-6)14(18)19/h1-4,8H,5H2,(H,12,16)(H,13,15,17)/t8-/m0/s1. The highest BCUT2D eigenvalue weighted by molar-refractivity contribution is 6.08. The van der Waals surface area contributed by atoms with E-state index >= 15 is 0 Å². The highest BCUT2D eigenvalue weighted by Gasteiger charge is 2.31. The van der Waals surface area contributed by atoms with Crippen molar-refractivity contribution in [3.05, 3.63) is 39.9 Å². The number of nitrogens with one attached hydrogen (secondary N) is 2. The Morgan fingerprint density at radius 1 is 1.42 bits per heavy atom. The topological polar surface area (TPSA) is 118 Å². The summed E-state index contributed by atoms with van der Waals surface area (Å²) in [5.41, 5.74) is -0.166. The Bertz CT molecular complexity index is 583. The summed E-state index contributed by atoms with van der Waals surface area (Å²) in [4.78, 5) is 44.0. The minimum atomic E-state index is -0.931. The molecule has 0 unspecified atom stereocenters. The number of imide groups is 1. The monoisotopic (exact) mass is 263 g/mol. The predicted octanol–water partition coefficient (Wildman–Crippen LogP) is -0.260. The molecular weight excluding hydrogens is 254 g/mol. The van der Waals surface area contributed by atoms with Crippen molar-refractivity contribution < 1.29 is 19.3 Å². The second-order valence-electron chi connectivity index (χ2n) is 3.95. The first kappa shape index (κ1) is 12.7. The Balaban J connectivity index is 2.12. The van der Waals surface area contributed by atoms with Gasteiger partial charge in [-0.15, -0.1) is 0 Å². The lowest BCUT2D eigenvalue weighted by molar-refractivity contribution is -0.384. The Kier molecular flexibility index (Phi) is 3.23. The number of carbonyl (C=O) groups excluding carboxylic acids is 3. The first-order valence-electron chi connectivity index (χ1n) is 5.36. The molecule has 1 aromatic carbocycles. The van der Waals surface area contributed by atoms with Crippen molar-refractivity contribution in [1.82, 2.24) is 10.6 Å². The zero-order valence-corrected chi connectivity index (χ0v) is 9.58. The molecule has 1 fully saturated rings. The number of non-ortho nitro benzene ring substituents is 1. The van der Waals surface area contributed by atoms with E-state index in [2.05, 4.69) is 10.6 Å². The molecule has 0 saturated carbocycles. The second-order valence-corrected chi connectivity index (χ2v) is 3.95. The summed E-state index contributed by atoms with van der Waals surface area (Å²) in [7, 11) is 0. The molecule has 0 bridgehead atoms. The maximum absolute atomic E-state index is 11.8. The van der Waals surface area contributed by atoms with Gasteiger partial charge in [0.2, 0.25) is 11.8 Å². The van der Waals surface area contributed by atoms with Crippen LogP contribution in [0, 0.1) is 10.1 Å². The number of benzene rings is 1. The van der Waals surface area contributed by atoms with Crippen LogP contribution >= 0.6 is 0 Å². The first-order valence-corrected chi connectivity index (χ1v) is 5.36. The van der Waals surface area contributed by atoms with Crippen molar-refractivity contribution in [3.8, 4) is 0 Å². The van der Waals surface area contributed by atoms with E-state index in [4.69, 9.17) is 0 Å². The van der Waals surface area contributed by atoms with Gasteiger partial charge in [0.05, 0.1) is 11.3 Å². The van der Waals surface area contributed by atoms with Gasteiger partial charge in [-0.3, -0.25) is 29.8 Å². The second kappa shape index (κ2) is 4.84. The van der Waals surface area contributed by atoms with Gasteiger partial charge >= 0.3 is 0 Å². The van der Waals surface area contributed by atoms with E-state index in [9.17, 15) is 24.5 Å². The quantitative estimate of drug-likeness (QED) is 0.442. The number of amides is 3. The first-order chi connectivity index (χ1) is 8.97. The van der Waals surface area contributed by atoms with Crippen molar-refractivity contribution in [2.75, 3.05) is 0 Å². The van der Waals surface area contributed by atoms with Crippen molar-refractivity contribution in [2.45, 2.75) is 12.5 Å². The molecule has 0 spiro atoms. The number of hydrogen-bond acceptors (Lipinski definition) is 5. The SMILES string of the molecule is O=C1C[C@H](NC(=O)c2cccc([N+](=O)[O-])c2)C(=O)N1. The fourth-order valence-electron chi connectivity index (χ4n) is 1.67. The maximum atomic E-state index is 11.8. The molecule has 98 valence electrons. The lowest BCUT2D eigenvalue weighted by Crippen LogP contribution is -2.40. The third-order valence-electron chi connectivity index (χ3n) is 2.59.